The van der Waals surface area contributed by atoms with E-state index in [0.29, 0.717) is 11.5 Å². The van der Waals surface area contributed by atoms with Crippen LogP contribution in [0.5, 0.6) is 0 Å². The molecule has 2 aromatic rings. The monoisotopic (exact) mass is 378 g/mol. The van der Waals surface area contributed by atoms with Gasteiger partial charge in [-0.3, -0.25) is 0 Å². The molecule has 27 heavy (non-hydrogen) atoms. The number of unbranched alkanes of at least 4 members (excludes halogenated alkanes) is 1. The molecule has 146 valence electrons. The maximum atomic E-state index is 14.6. The van der Waals surface area contributed by atoms with E-state index in [-0.39, 0.29) is 17.8 Å². The molecule has 2 aromatic carbocycles. The molecule has 0 atom stereocenters. The Labute approximate surface area is 158 Å². The molecule has 0 saturated heterocycles. The third-order valence-corrected chi connectivity index (χ3v) is 5.80. The van der Waals surface area contributed by atoms with Gasteiger partial charge in [0, 0.05) is 6.42 Å². The van der Waals surface area contributed by atoms with Gasteiger partial charge in [0.25, 0.3) is 0 Å². The van der Waals surface area contributed by atoms with Crippen molar-refractivity contribution in [1.29, 1.82) is 0 Å². The van der Waals surface area contributed by atoms with Crippen LogP contribution in [-0.2, 0) is 6.42 Å². The number of rotatable bonds is 6. The van der Waals surface area contributed by atoms with Gasteiger partial charge in [0.2, 0.25) is 0 Å². The van der Waals surface area contributed by atoms with Gasteiger partial charge in [-0.25, -0.2) is 17.6 Å². The Kier molecular flexibility index (Phi) is 6.56. The van der Waals surface area contributed by atoms with Crippen LogP contribution in [0, 0.1) is 29.2 Å². The highest BCUT2D eigenvalue weighted by molar-refractivity contribution is 5.32. The van der Waals surface area contributed by atoms with Gasteiger partial charge in [-0.1, -0.05) is 38.3 Å². The van der Waals surface area contributed by atoms with E-state index in [1.165, 1.54) is 32.1 Å². The maximum absolute atomic E-state index is 14.6. The van der Waals surface area contributed by atoms with Crippen LogP contribution in [0.3, 0.4) is 0 Å². The summed E-state index contributed by atoms with van der Waals surface area (Å²) >= 11 is 0. The standard InChI is InChI=1S/C23H26F4/c1-2-3-4-15-5-7-17(8-6-15)18-9-10-19(20(24)14-18)11-16-12-21(25)23(27)22(26)13-16/h9-10,12-15,17H,2-8,11H2,1H3. The minimum absolute atomic E-state index is 0.0317. The summed E-state index contributed by atoms with van der Waals surface area (Å²) in [5.74, 6) is -3.18. The van der Waals surface area contributed by atoms with Crippen LogP contribution in [-0.4, -0.2) is 0 Å². The minimum Gasteiger partial charge on any atom is -0.207 e. The van der Waals surface area contributed by atoms with Crippen molar-refractivity contribution >= 4 is 0 Å². The molecule has 0 nitrogen and oxygen atoms in total. The molecule has 1 fully saturated rings. The largest absolute Gasteiger partial charge is 0.207 e. The smallest absolute Gasteiger partial charge is 0.194 e. The fraction of sp³-hybridized carbons (Fsp3) is 0.478. The lowest BCUT2D eigenvalue weighted by Crippen LogP contribution is -2.13. The molecule has 0 heterocycles. The Morgan fingerprint density at radius 2 is 1.52 bits per heavy atom. The first-order valence-electron chi connectivity index (χ1n) is 9.89. The van der Waals surface area contributed by atoms with Crippen LogP contribution in [0.25, 0.3) is 0 Å². The zero-order valence-corrected chi connectivity index (χ0v) is 15.7. The third-order valence-electron chi connectivity index (χ3n) is 5.80. The lowest BCUT2D eigenvalue weighted by Gasteiger charge is -2.29. The van der Waals surface area contributed by atoms with Gasteiger partial charge in [0.15, 0.2) is 17.5 Å². The topological polar surface area (TPSA) is 0 Å². The van der Waals surface area contributed by atoms with E-state index < -0.39 is 17.5 Å². The molecule has 0 radical (unpaired) electrons. The van der Waals surface area contributed by atoms with Gasteiger partial charge < -0.3 is 0 Å². The maximum Gasteiger partial charge on any atom is 0.194 e. The normalized spacial score (nSPS) is 20.0. The first kappa shape index (κ1) is 19.9. The molecule has 0 spiro atoms. The van der Waals surface area contributed by atoms with Crippen molar-refractivity contribution in [2.45, 2.75) is 64.2 Å². The van der Waals surface area contributed by atoms with E-state index in [4.69, 9.17) is 0 Å². The predicted octanol–water partition coefficient (Wildman–Crippen LogP) is 7.30. The molecule has 4 heteroatoms. The highest BCUT2D eigenvalue weighted by atomic mass is 19.2. The van der Waals surface area contributed by atoms with E-state index in [9.17, 15) is 17.6 Å². The van der Waals surface area contributed by atoms with Crippen molar-refractivity contribution in [3.8, 4) is 0 Å². The number of benzene rings is 2. The number of halogens is 4. The second-order valence-corrected chi connectivity index (χ2v) is 7.76. The highest BCUT2D eigenvalue weighted by Gasteiger charge is 2.23. The van der Waals surface area contributed by atoms with Crippen LogP contribution in [0.1, 0.15) is 74.5 Å². The Hall–Kier alpha value is -1.84. The molecule has 0 aliphatic heterocycles. The Balaban J connectivity index is 1.66. The Bertz CT molecular complexity index is 753. The van der Waals surface area contributed by atoms with E-state index in [1.807, 2.05) is 6.07 Å². The van der Waals surface area contributed by atoms with Crippen LogP contribution in [0.4, 0.5) is 17.6 Å². The third kappa shape index (κ3) is 4.91. The zero-order chi connectivity index (χ0) is 19.4. The molecular weight excluding hydrogens is 352 g/mol. The van der Waals surface area contributed by atoms with E-state index >= 15 is 0 Å². The van der Waals surface area contributed by atoms with Gasteiger partial charge >= 0.3 is 0 Å². The molecule has 0 amide bonds. The predicted molar refractivity (Wildman–Crippen MR) is 99.7 cm³/mol. The first-order chi connectivity index (χ1) is 13.0. The van der Waals surface area contributed by atoms with Gasteiger partial charge in [-0.15, -0.1) is 0 Å². The van der Waals surface area contributed by atoms with Crippen LogP contribution in [0.15, 0.2) is 30.3 Å². The lowest BCUT2D eigenvalue weighted by molar-refractivity contribution is 0.304. The van der Waals surface area contributed by atoms with Gasteiger partial charge in [0.05, 0.1) is 0 Å². The summed E-state index contributed by atoms with van der Waals surface area (Å²) in [5, 5.41) is 0. The molecule has 1 saturated carbocycles. The SMILES string of the molecule is CCCCC1CCC(c2ccc(Cc3cc(F)c(F)c(F)c3)c(F)c2)CC1. The molecular formula is C23H26F4. The van der Waals surface area contributed by atoms with Gasteiger partial charge in [-0.05, 0) is 72.4 Å². The van der Waals surface area contributed by atoms with Crippen LogP contribution >= 0.6 is 0 Å². The summed E-state index contributed by atoms with van der Waals surface area (Å²) in [5.41, 5.74) is 1.58. The minimum atomic E-state index is -1.50. The molecule has 0 aromatic heterocycles. The second kappa shape index (κ2) is 8.90. The summed E-state index contributed by atoms with van der Waals surface area (Å²) in [6.45, 7) is 2.21. The summed E-state index contributed by atoms with van der Waals surface area (Å²) in [4.78, 5) is 0. The fourth-order valence-corrected chi connectivity index (χ4v) is 4.17. The Morgan fingerprint density at radius 1 is 0.852 bits per heavy atom. The highest BCUT2D eigenvalue weighted by Crippen LogP contribution is 2.38. The molecule has 0 bridgehead atoms. The van der Waals surface area contributed by atoms with E-state index in [1.54, 1.807) is 12.1 Å². The summed E-state index contributed by atoms with van der Waals surface area (Å²) < 4.78 is 54.3. The zero-order valence-electron chi connectivity index (χ0n) is 15.7. The van der Waals surface area contributed by atoms with Crippen molar-refractivity contribution in [2.24, 2.45) is 5.92 Å². The molecule has 1 aliphatic rings. The Morgan fingerprint density at radius 3 is 2.11 bits per heavy atom. The summed E-state index contributed by atoms with van der Waals surface area (Å²) in [6, 6.07) is 7.01. The van der Waals surface area contributed by atoms with Crippen molar-refractivity contribution in [2.75, 3.05) is 0 Å². The summed E-state index contributed by atoms with van der Waals surface area (Å²) in [6.07, 6.45) is 8.40. The van der Waals surface area contributed by atoms with Crippen LogP contribution in [0.2, 0.25) is 0 Å². The van der Waals surface area contributed by atoms with Crippen molar-refractivity contribution in [3.63, 3.8) is 0 Å². The van der Waals surface area contributed by atoms with Crippen LogP contribution < -0.4 is 0 Å². The lowest BCUT2D eigenvalue weighted by atomic mass is 9.77. The molecule has 3 rings (SSSR count). The molecule has 0 N–H and O–H groups in total. The average Bonchev–Trinajstić information content (AvgIpc) is 2.66. The second-order valence-electron chi connectivity index (χ2n) is 7.76. The van der Waals surface area contributed by atoms with E-state index in [2.05, 4.69) is 6.92 Å². The molecule has 0 unspecified atom stereocenters. The van der Waals surface area contributed by atoms with Crippen molar-refractivity contribution < 1.29 is 17.6 Å². The summed E-state index contributed by atoms with van der Waals surface area (Å²) in [7, 11) is 0. The van der Waals surface area contributed by atoms with Gasteiger partial charge in [-0.2, -0.15) is 0 Å². The number of hydrogen-bond donors (Lipinski definition) is 0. The average molecular weight is 378 g/mol. The van der Waals surface area contributed by atoms with Crippen molar-refractivity contribution in [1.82, 2.24) is 0 Å². The van der Waals surface area contributed by atoms with Gasteiger partial charge in [0.1, 0.15) is 5.82 Å². The molecule has 1 aliphatic carbocycles. The van der Waals surface area contributed by atoms with E-state index in [0.717, 1.165) is 36.5 Å². The van der Waals surface area contributed by atoms with Crippen molar-refractivity contribution in [3.05, 3.63) is 70.3 Å². The number of hydrogen-bond acceptors (Lipinski definition) is 0. The first-order valence-corrected chi connectivity index (χ1v) is 9.89. The quantitative estimate of drug-likeness (QED) is 0.365. The fourth-order valence-electron chi connectivity index (χ4n) is 4.17.